The number of hydrogen-bond donors (Lipinski definition) is 3. The molecule has 138 valence electrons. The zero-order valence-electron chi connectivity index (χ0n) is 13.4. The van der Waals surface area contributed by atoms with Crippen LogP contribution in [0.1, 0.15) is 12.5 Å². The number of imide groups is 1. The third kappa shape index (κ3) is 4.73. The SMILES string of the molecule is C[C@@H](C(=O)NC(N)=O)[NH+]1CCN(c2[nH+]cc(C(F)(F)F)cc2Cl)CC1. The number of amides is 3. The van der Waals surface area contributed by atoms with Gasteiger partial charge in [0.05, 0.1) is 5.56 Å². The fraction of sp³-hybridized carbons (Fsp3) is 0.500. The van der Waals surface area contributed by atoms with Crippen molar-refractivity contribution in [3.8, 4) is 0 Å². The predicted molar refractivity (Wildman–Crippen MR) is 83.1 cm³/mol. The van der Waals surface area contributed by atoms with E-state index in [-0.39, 0.29) is 5.02 Å². The number of aromatic amines is 1. The molecule has 1 aromatic rings. The van der Waals surface area contributed by atoms with Crippen LogP contribution in [-0.4, -0.2) is 44.2 Å². The third-order valence-corrected chi connectivity index (χ3v) is 4.46. The van der Waals surface area contributed by atoms with Gasteiger partial charge in [0.2, 0.25) is 0 Å². The number of primary amides is 1. The summed E-state index contributed by atoms with van der Waals surface area (Å²) >= 11 is 5.98. The summed E-state index contributed by atoms with van der Waals surface area (Å²) in [5, 5.41) is 2.03. The highest BCUT2D eigenvalue weighted by molar-refractivity contribution is 6.32. The summed E-state index contributed by atoms with van der Waals surface area (Å²) in [4.78, 5) is 27.9. The molecule has 0 bridgehead atoms. The molecule has 2 heterocycles. The lowest BCUT2D eigenvalue weighted by Crippen LogP contribution is -3.19. The van der Waals surface area contributed by atoms with Crippen LogP contribution in [0.5, 0.6) is 0 Å². The number of carbonyl (C=O) groups excluding carboxylic acids is 2. The van der Waals surface area contributed by atoms with Crippen LogP contribution in [0, 0.1) is 0 Å². The van der Waals surface area contributed by atoms with E-state index in [0.29, 0.717) is 32.0 Å². The highest BCUT2D eigenvalue weighted by Gasteiger charge is 2.36. The zero-order valence-corrected chi connectivity index (χ0v) is 14.2. The summed E-state index contributed by atoms with van der Waals surface area (Å²) in [5.41, 5.74) is 4.09. The van der Waals surface area contributed by atoms with Crippen molar-refractivity contribution in [3.63, 3.8) is 0 Å². The fourth-order valence-corrected chi connectivity index (χ4v) is 3.02. The largest absolute Gasteiger partial charge is 0.419 e. The third-order valence-electron chi connectivity index (χ3n) is 4.17. The van der Waals surface area contributed by atoms with E-state index in [4.69, 9.17) is 17.3 Å². The van der Waals surface area contributed by atoms with Crippen molar-refractivity contribution < 1.29 is 32.6 Å². The Hall–Kier alpha value is -2.07. The number of hydrogen-bond acceptors (Lipinski definition) is 3. The molecule has 0 aromatic carbocycles. The van der Waals surface area contributed by atoms with Gasteiger partial charge in [0.1, 0.15) is 37.4 Å². The summed E-state index contributed by atoms with van der Waals surface area (Å²) in [6, 6.07) is -0.488. The van der Waals surface area contributed by atoms with E-state index in [1.807, 2.05) is 10.2 Å². The molecule has 3 amide bonds. The van der Waals surface area contributed by atoms with Crippen molar-refractivity contribution in [2.45, 2.75) is 19.1 Å². The molecular weight excluding hydrogens is 363 g/mol. The molecule has 0 spiro atoms. The molecule has 1 aromatic heterocycles. The number of nitrogens with two attached hydrogens (primary N) is 1. The van der Waals surface area contributed by atoms with Gasteiger partial charge in [-0.05, 0) is 13.0 Å². The first-order valence-corrected chi connectivity index (χ1v) is 7.95. The molecule has 11 heteroatoms. The molecule has 1 atom stereocenters. The molecule has 25 heavy (non-hydrogen) atoms. The molecule has 0 aliphatic carbocycles. The first kappa shape index (κ1) is 19.3. The zero-order chi connectivity index (χ0) is 18.8. The first-order chi connectivity index (χ1) is 11.6. The number of nitrogens with zero attached hydrogens (tertiary/aromatic N) is 1. The standard InChI is InChI=1S/C14H17ClF3N5O2/c1-8(12(24)21-13(19)25)22-2-4-23(5-3-22)11-10(15)6-9(7-20-11)14(16,17)18/h6-8H,2-5H2,1H3,(H3,19,21,24,25)/p+2/t8-/m0/s1. The summed E-state index contributed by atoms with van der Waals surface area (Å²) in [5.74, 6) is -0.0574. The lowest BCUT2D eigenvalue weighted by Gasteiger charge is -2.31. The Labute approximate surface area is 146 Å². The number of nitrogens with one attached hydrogen (secondary N) is 3. The van der Waals surface area contributed by atoms with Crippen LogP contribution in [0.25, 0.3) is 0 Å². The van der Waals surface area contributed by atoms with E-state index in [2.05, 4.69) is 4.98 Å². The van der Waals surface area contributed by atoms with E-state index in [0.717, 1.165) is 17.2 Å². The average Bonchev–Trinajstić information content (AvgIpc) is 2.53. The van der Waals surface area contributed by atoms with Crippen LogP contribution in [-0.2, 0) is 11.0 Å². The van der Waals surface area contributed by atoms with E-state index in [9.17, 15) is 22.8 Å². The number of urea groups is 1. The minimum Gasteiger partial charge on any atom is -0.351 e. The fourth-order valence-electron chi connectivity index (χ4n) is 2.73. The topological polar surface area (TPSA) is 94.0 Å². The minimum absolute atomic E-state index is 0.0159. The number of quaternary nitrogens is 1. The van der Waals surface area contributed by atoms with E-state index >= 15 is 0 Å². The van der Waals surface area contributed by atoms with Crippen LogP contribution < -0.4 is 25.8 Å². The van der Waals surface area contributed by atoms with E-state index < -0.39 is 29.7 Å². The lowest BCUT2D eigenvalue weighted by molar-refractivity contribution is -0.914. The van der Waals surface area contributed by atoms with Crippen molar-refractivity contribution >= 4 is 29.4 Å². The highest BCUT2D eigenvalue weighted by Crippen LogP contribution is 2.31. The number of piperazine rings is 1. The van der Waals surface area contributed by atoms with Gasteiger partial charge in [-0.15, -0.1) is 0 Å². The summed E-state index contributed by atoms with van der Waals surface area (Å²) in [6.45, 7) is 3.77. The number of rotatable bonds is 3. The van der Waals surface area contributed by atoms with Gasteiger partial charge in [-0.1, -0.05) is 11.6 Å². The van der Waals surface area contributed by atoms with Crippen molar-refractivity contribution in [2.75, 3.05) is 31.1 Å². The minimum atomic E-state index is -4.47. The number of carbonyl (C=O) groups is 2. The Kier molecular flexibility index (Phi) is 5.73. The Morgan fingerprint density at radius 1 is 1.40 bits per heavy atom. The summed E-state index contributed by atoms with van der Waals surface area (Å²) in [7, 11) is 0. The number of pyridine rings is 1. The molecule has 0 unspecified atom stereocenters. The first-order valence-electron chi connectivity index (χ1n) is 7.58. The quantitative estimate of drug-likeness (QED) is 0.656. The predicted octanol–water partition coefficient (Wildman–Crippen LogP) is -0.539. The van der Waals surface area contributed by atoms with Crippen molar-refractivity contribution in [1.82, 2.24) is 5.32 Å². The van der Waals surface area contributed by atoms with Crippen molar-refractivity contribution in [1.29, 1.82) is 0 Å². The molecule has 2 rings (SSSR count). The number of H-pyrrole nitrogens is 1. The number of anilines is 1. The van der Waals surface area contributed by atoms with Crippen LogP contribution in [0.15, 0.2) is 12.3 Å². The van der Waals surface area contributed by atoms with Crippen LogP contribution in [0.2, 0.25) is 5.02 Å². The van der Waals surface area contributed by atoms with E-state index in [1.165, 1.54) is 0 Å². The Bertz CT molecular complexity index is 662. The van der Waals surface area contributed by atoms with Gasteiger partial charge in [-0.2, -0.15) is 13.2 Å². The molecule has 1 fully saturated rings. The number of aromatic nitrogens is 1. The van der Waals surface area contributed by atoms with Crippen molar-refractivity contribution in [3.05, 3.63) is 22.8 Å². The Morgan fingerprint density at radius 3 is 2.48 bits per heavy atom. The maximum absolute atomic E-state index is 12.7. The van der Waals surface area contributed by atoms with Gasteiger partial charge in [0.15, 0.2) is 6.04 Å². The Morgan fingerprint density at radius 2 is 2.00 bits per heavy atom. The number of alkyl halides is 3. The van der Waals surface area contributed by atoms with E-state index in [1.54, 1.807) is 6.92 Å². The maximum atomic E-state index is 12.7. The second-order valence-electron chi connectivity index (χ2n) is 5.80. The monoisotopic (exact) mass is 381 g/mol. The molecular formula is C14H19ClF3N5O2+2. The molecule has 0 saturated carbocycles. The smallest absolute Gasteiger partial charge is 0.351 e. The maximum Gasteiger partial charge on any atom is 0.419 e. The molecule has 5 N–H and O–H groups in total. The molecule has 7 nitrogen and oxygen atoms in total. The molecule has 1 saturated heterocycles. The van der Waals surface area contributed by atoms with Gasteiger partial charge in [-0.3, -0.25) is 10.1 Å². The second kappa shape index (κ2) is 7.44. The van der Waals surface area contributed by atoms with Gasteiger partial charge >= 0.3 is 12.2 Å². The van der Waals surface area contributed by atoms with Crippen LogP contribution >= 0.6 is 11.6 Å². The molecule has 1 aliphatic rings. The lowest BCUT2D eigenvalue weighted by atomic mass is 10.2. The van der Waals surface area contributed by atoms with Gasteiger partial charge in [0.25, 0.3) is 11.7 Å². The average molecular weight is 382 g/mol. The Balaban J connectivity index is 2.00. The van der Waals surface area contributed by atoms with Crippen LogP contribution in [0.4, 0.5) is 23.8 Å². The van der Waals surface area contributed by atoms with Gasteiger partial charge < -0.3 is 10.6 Å². The second-order valence-corrected chi connectivity index (χ2v) is 6.21. The molecule has 0 radical (unpaired) electrons. The highest BCUT2D eigenvalue weighted by atomic mass is 35.5. The summed E-state index contributed by atoms with van der Waals surface area (Å²) in [6.07, 6.45) is -3.59. The number of halogens is 4. The van der Waals surface area contributed by atoms with Gasteiger partial charge in [0, 0.05) is 0 Å². The van der Waals surface area contributed by atoms with Gasteiger partial charge in [-0.25, -0.2) is 14.7 Å². The summed E-state index contributed by atoms with van der Waals surface area (Å²) < 4.78 is 38.0. The van der Waals surface area contributed by atoms with Crippen LogP contribution in [0.3, 0.4) is 0 Å². The normalized spacial score (nSPS) is 17.2. The van der Waals surface area contributed by atoms with Crippen molar-refractivity contribution in [2.24, 2.45) is 5.73 Å². The molecule has 1 aliphatic heterocycles.